The summed E-state index contributed by atoms with van der Waals surface area (Å²) in [6, 6.07) is 60.0. The van der Waals surface area contributed by atoms with E-state index in [-0.39, 0.29) is 0 Å². The Labute approximate surface area is 302 Å². The minimum Gasteiger partial charge on any atom is -0.456 e. The molecule has 0 bridgehead atoms. The highest BCUT2D eigenvalue weighted by molar-refractivity contribution is 6.33. The fraction of sp³-hybridized carbons (Fsp3) is 0. The second-order valence-corrected chi connectivity index (χ2v) is 13.8. The van der Waals surface area contributed by atoms with Crippen LogP contribution in [-0.2, 0) is 0 Å². The fourth-order valence-corrected chi connectivity index (χ4v) is 8.66. The smallest absolute Gasteiger partial charge is 0.235 e. The maximum atomic E-state index is 6.33. The third kappa shape index (κ3) is 3.96. The molecule has 0 saturated heterocycles. The van der Waals surface area contributed by atoms with Crippen molar-refractivity contribution >= 4 is 87.2 Å². The standard InChI is InChI=1S/C48H28N4O/c1-2-13-31(14-3-1)51-39-25-23-29-12-4-5-15-32(29)44(39)46-41(51)27-26-40-45(46)36-18-7-10-20-38(36)52(40)48-49-37-19-9-6-17-35(37)47(50-48)30-22-24-34-33-16-8-11-21-42(33)53-43(34)28-30/h1-28H. The Bertz CT molecular complexity index is 3460. The number of para-hydroxylation sites is 4. The van der Waals surface area contributed by atoms with Crippen molar-refractivity contribution in [2.45, 2.75) is 0 Å². The zero-order valence-electron chi connectivity index (χ0n) is 28.4. The minimum atomic E-state index is 0.630. The van der Waals surface area contributed by atoms with Crippen LogP contribution in [0.5, 0.6) is 0 Å². The van der Waals surface area contributed by atoms with Crippen LogP contribution >= 0.6 is 0 Å². The summed E-state index contributed by atoms with van der Waals surface area (Å²) in [6.45, 7) is 0. The molecule has 0 fully saturated rings. The fourth-order valence-electron chi connectivity index (χ4n) is 8.66. The number of nitrogens with zero attached hydrogens (tertiary/aromatic N) is 4. The molecule has 12 rings (SSSR count). The highest BCUT2D eigenvalue weighted by Gasteiger charge is 2.23. The summed E-state index contributed by atoms with van der Waals surface area (Å²) >= 11 is 0. The van der Waals surface area contributed by atoms with E-state index in [0.717, 1.165) is 71.7 Å². The molecule has 12 aromatic rings. The molecule has 0 atom stereocenters. The van der Waals surface area contributed by atoms with E-state index >= 15 is 0 Å². The van der Waals surface area contributed by atoms with Gasteiger partial charge in [-0.15, -0.1) is 0 Å². The van der Waals surface area contributed by atoms with Gasteiger partial charge < -0.3 is 8.98 Å². The summed E-state index contributed by atoms with van der Waals surface area (Å²) in [5, 5.41) is 10.5. The van der Waals surface area contributed by atoms with Crippen LogP contribution in [0, 0.1) is 0 Å². The molecular formula is C48H28N4O. The van der Waals surface area contributed by atoms with Gasteiger partial charge >= 0.3 is 0 Å². The van der Waals surface area contributed by atoms with Crippen LogP contribution < -0.4 is 0 Å². The molecule has 0 spiro atoms. The molecule has 0 aliphatic heterocycles. The first-order chi connectivity index (χ1) is 26.3. The third-order valence-electron chi connectivity index (χ3n) is 10.9. The molecule has 0 N–H and O–H groups in total. The number of hydrogen-bond acceptors (Lipinski definition) is 3. The maximum absolute atomic E-state index is 6.33. The van der Waals surface area contributed by atoms with Gasteiger partial charge in [0, 0.05) is 49.0 Å². The summed E-state index contributed by atoms with van der Waals surface area (Å²) < 4.78 is 11.0. The van der Waals surface area contributed by atoms with E-state index in [1.807, 2.05) is 18.2 Å². The molecule has 0 aliphatic carbocycles. The molecule has 0 aliphatic rings. The van der Waals surface area contributed by atoms with Crippen molar-refractivity contribution in [2.75, 3.05) is 0 Å². The molecule has 0 unspecified atom stereocenters. The molecule has 0 amide bonds. The third-order valence-corrected chi connectivity index (χ3v) is 10.9. The van der Waals surface area contributed by atoms with E-state index < -0.39 is 0 Å². The van der Waals surface area contributed by atoms with Gasteiger partial charge in [0.15, 0.2) is 0 Å². The largest absolute Gasteiger partial charge is 0.456 e. The first-order valence-corrected chi connectivity index (χ1v) is 17.9. The number of fused-ring (bicyclic) bond motifs is 13. The number of rotatable bonds is 3. The first kappa shape index (κ1) is 28.5. The van der Waals surface area contributed by atoms with Gasteiger partial charge in [-0.05, 0) is 71.4 Å². The van der Waals surface area contributed by atoms with Crippen molar-refractivity contribution in [3.8, 4) is 22.9 Å². The Hall–Kier alpha value is -7.24. The Kier molecular flexibility index (Phi) is 5.71. The second kappa shape index (κ2) is 10.6. The van der Waals surface area contributed by atoms with Crippen LogP contribution in [0.1, 0.15) is 0 Å². The van der Waals surface area contributed by atoms with Crippen molar-refractivity contribution in [2.24, 2.45) is 0 Å². The van der Waals surface area contributed by atoms with Crippen LogP contribution in [0.25, 0.3) is 110 Å². The molecule has 4 aromatic heterocycles. The van der Waals surface area contributed by atoms with E-state index in [1.54, 1.807) is 0 Å². The Balaban J connectivity index is 1.20. The molecule has 4 heterocycles. The topological polar surface area (TPSA) is 48.8 Å². The lowest BCUT2D eigenvalue weighted by atomic mass is 10.0. The molecule has 53 heavy (non-hydrogen) atoms. The lowest BCUT2D eigenvalue weighted by Gasteiger charge is -2.12. The van der Waals surface area contributed by atoms with Crippen LogP contribution in [0.4, 0.5) is 0 Å². The van der Waals surface area contributed by atoms with Crippen LogP contribution in [0.2, 0.25) is 0 Å². The predicted octanol–water partition coefficient (Wildman–Crippen LogP) is 12.5. The molecule has 5 nitrogen and oxygen atoms in total. The average Bonchev–Trinajstić information content (AvgIpc) is 3.88. The zero-order valence-corrected chi connectivity index (χ0v) is 28.4. The molecule has 0 radical (unpaired) electrons. The summed E-state index contributed by atoms with van der Waals surface area (Å²) in [4.78, 5) is 10.7. The summed E-state index contributed by atoms with van der Waals surface area (Å²) in [7, 11) is 0. The molecule has 246 valence electrons. The SMILES string of the molecule is c1ccc(-n2c3ccc4ccccc4c3c3c4c5ccccc5n(-c5nc(-c6ccc7c(c6)oc6ccccc67)c6ccccc6n5)c4ccc32)cc1. The van der Waals surface area contributed by atoms with E-state index in [2.05, 4.69) is 161 Å². The average molecular weight is 677 g/mol. The van der Waals surface area contributed by atoms with Crippen molar-refractivity contribution in [3.05, 3.63) is 170 Å². The van der Waals surface area contributed by atoms with Crippen LogP contribution in [0.15, 0.2) is 174 Å². The van der Waals surface area contributed by atoms with Crippen molar-refractivity contribution in [3.63, 3.8) is 0 Å². The number of aromatic nitrogens is 4. The highest BCUT2D eigenvalue weighted by atomic mass is 16.3. The van der Waals surface area contributed by atoms with E-state index in [9.17, 15) is 0 Å². The van der Waals surface area contributed by atoms with Crippen molar-refractivity contribution in [1.29, 1.82) is 0 Å². The minimum absolute atomic E-state index is 0.630. The lowest BCUT2D eigenvalue weighted by molar-refractivity contribution is 0.669. The Morgan fingerprint density at radius 3 is 1.92 bits per heavy atom. The van der Waals surface area contributed by atoms with Gasteiger partial charge in [0.05, 0.1) is 33.3 Å². The van der Waals surface area contributed by atoms with E-state index in [4.69, 9.17) is 14.4 Å². The number of benzene rings is 8. The molecular weight excluding hydrogens is 649 g/mol. The zero-order chi connectivity index (χ0) is 34.6. The van der Waals surface area contributed by atoms with Gasteiger partial charge in [-0.3, -0.25) is 4.57 Å². The van der Waals surface area contributed by atoms with Gasteiger partial charge in [-0.25, -0.2) is 9.97 Å². The molecule has 8 aromatic carbocycles. The van der Waals surface area contributed by atoms with Gasteiger partial charge in [0.1, 0.15) is 11.2 Å². The lowest BCUT2D eigenvalue weighted by Crippen LogP contribution is -2.03. The summed E-state index contributed by atoms with van der Waals surface area (Å²) in [5.74, 6) is 0.630. The highest BCUT2D eigenvalue weighted by Crippen LogP contribution is 2.44. The summed E-state index contributed by atoms with van der Waals surface area (Å²) in [5.41, 5.74) is 10.1. The summed E-state index contributed by atoms with van der Waals surface area (Å²) in [6.07, 6.45) is 0. The van der Waals surface area contributed by atoms with Crippen molar-refractivity contribution < 1.29 is 4.42 Å². The maximum Gasteiger partial charge on any atom is 0.235 e. The normalized spacial score (nSPS) is 12.2. The van der Waals surface area contributed by atoms with E-state index in [0.29, 0.717) is 5.95 Å². The van der Waals surface area contributed by atoms with Gasteiger partial charge in [0.25, 0.3) is 0 Å². The second-order valence-electron chi connectivity index (χ2n) is 13.8. The van der Waals surface area contributed by atoms with E-state index in [1.165, 1.54) is 32.4 Å². The molecule has 0 saturated carbocycles. The first-order valence-electron chi connectivity index (χ1n) is 17.9. The van der Waals surface area contributed by atoms with Crippen LogP contribution in [0.3, 0.4) is 0 Å². The Morgan fingerprint density at radius 2 is 1.04 bits per heavy atom. The Morgan fingerprint density at radius 1 is 0.396 bits per heavy atom. The number of hydrogen-bond donors (Lipinski definition) is 0. The van der Waals surface area contributed by atoms with Gasteiger partial charge in [-0.2, -0.15) is 0 Å². The monoisotopic (exact) mass is 676 g/mol. The van der Waals surface area contributed by atoms with Crippen LogP contribution in [-0.4, -0.2) is 19.1 Å². The quantitative estimate of drug-likeness (QED) is 0.187. The molecule has 5 heteroatoms. The number of furan rings is 1. The van der Waals surface area contributed by atoms with Gasteiger partial charge in [-0.1, -0.05) is 109 Å². The van der Waals surface area contributed by atoms with Gasteiger partial charge in [0.2, 0.25) is 5.95 Å². The predicted molar refractivity (Wildman–Crippen MR) is 218 cm³/mol. The van der Waals surface area contributed by atoms with Crippen molar-refractivity contribution in [1.82, 2.24) is 19.1 Å².